The van der Waals surface area contributed by atoms with E-state index in [-0.39, 0.29) is 5.82 Å². The second kappa shape index (κ2) is 7.40. The van der Waals surface area contributed by atoms with Gasteiger partial charge in [-0.25, -0.2) is 9.07 Å². The zero-order valence-corrected chi connectivity index (χ0v) is 17.4. The third-order valence-corrected chi connectivity index (χ3v) is 5.39. The fraction of sp³-hybridized carbons (Fsp3) is 0.120. The summed E-state index contributed by atoms with van der Waals surface area (Å²) in [5.74, 6) is 0.862. The van der Waals surface area contributed by atoms with Crippen molar-refractivity contribution in [2.45, 2.75) is 6.92 Å². The van der Waals surface area contributed by atoms with E-state index in [4.69, 9.17) is 14.6 Å². The number of methoxy groups -OCH3 is 2. The molecule has 0 aliphatic carbocycles. The zero-order chi connectivity index (χ0) is 21.5. The maximum Gasteiger partial charge on any atom is 0.162 e. The molecule has 0 aliphatic rings. The lowest BCUT2D eigenvalue weighted by Crippen LogP contribution is -1.98. The van der Waals surface area contributed by atoms with E-state index >= 15 is 0 Å². The SMILES string of the molecule is COc1cc2ncc3c(-c4ccc(C)cc4)nn(-c4cccc(F)c4)c3c2cc1OC. The normalized spacial score (nSPS) is 11.2. The molecule has 0 aliphatic heterocycles. The van der Waals surface area contributed by atoms with Crippen LogP contribution in [0.1, 0.15) is 5.56 Å². The molecule has 0 N–H and O–H groups in total. The number of aryl methyl sites for hydroxylation is 1. The number of halogens is 1. The van der Waals surface area contributed by atoms with Crippen molar-refractivity contribution in [3.63, 3.8) is 0 Å². The molecule has 5 nitrogen and oxygen atoms in total. The van der Waals surface area contributed by atoms with Crippen molar-refractivity contribution in [1.82, 2.24) is 14.8 Å². The Morgan fingerprint density at radius 3 is 2.32 bits per heavy atom. The number of hydrogen-bond acceptors (Lipinski definition) is 4. The summed E-state index contributed by atoms with van der Waals surface area (Å²) in [7, 11) is 3.19. The maximum absolute atomic E-state index is 14.1. The first-order valence-electron chi connectivity index (χ1n) is 9.85. The number of ether oxygens (including phenoxy) is 2. The largest absolute Gasteiger partial charge is 0.493 e. The fourth-order valence-electron chi connectivity index (χ4n) is 3.83. The van der Waals surface area contributed by atoms with Crippen molar-refractivity contribution in [1.29, 1.82) is 0 Å². The molecule has 3 aromatic carbocycles. The molecule has 5 aromatic rings. The lowest BCUT2D eigenvalue weighted by atomic mass is 10.1. The van der Waals surface area contributed by atoms with Crippen LogP contribution in [0.2, 0.25) is 0 Å². The molecule has 0 saturated heterocycles. The first-order valence-corrected chi connectivity index (χ1v) is 9.85. The smallest absolute Gasteiger partial charge is 0.162 e. The summed E-state index contributed by atoms with van der Waals surface area (Å²) in [5, 5.41) is 6.59. The molecule has 0 atom stereocenters. The van der Waals surface area contributed by atoms with E-state index < -0.39 is 0 Å². The van der Waals surface area contributed by atoms with E-state index in [1.54, 1.807) is 25.0 Å². The lowest BCUT2D eigenvalue weighted by molar-refractivity contribution is 0.356. The molecule has 0 spiro atoms. The van der Waals surface area contributed by atoms with Gasteiger partial charge in [0.05, 0.1) is 30.9 Å². The maximum atomic E-state index is 14.1. The minimum absolute atomic E-state index is 0.323. The molecule has 0 fully saturated rings. The van der Waals surface area contributed by atoms with E-state index in [0.717, 1.165) is 38.6 Å². The Hall–Kier alpha value is -3.93. The Morgan fingerprint density at radius 1 is 0.871 bits per heavy atom. The van der Waals surface area contributed by atoms with Crippen LogP contribution in [-0.4, -0.2) is 29.0 Å². The lowest BCUT2D eigenvalue weighted by Gasteiger charge is -2.11. The predicted molar refractivity (Wildman–Crippen MR) is 120 cm³/mol. The average molecular weight is 413 g/mol. The summed E-state index contributed by atoms with van der Waals surface area (Å²) in [6.07, 6.45) is 1.81. The number of rotatable bonds is 4. The van der Waals surface area contributed by atoms with Crippen LogP contribution in [-0.2, 0) is 0 Å². The average Bonchev–Trinajstić information content (AvgIpc) is 3.18. The minimum atomic E-state index is -0.323. The van der Waals surface area contributed by atoms with Gasteiger partial charge in [-0.1, -0.05) is 35.9 Å². The predicted octanol–water partition coefficient (Wildman–Crippen LogP) is 5.71. The highest BCUT2D eigenvalue weighted by Crippen LogP contribution is 2.38. The molecule has 0 saturated carbocycles. The van der Waals surface area contributed by atoms with Crippen LogP contribution in [0.4, 0.5) is 4.39 Å². The van der Waals surface area contributed by atoms with Gasteiger partial charge in [-0.2, -0.15) is 5.10 Å². The topological polar surface area (TPSA) is 49.2 Å². The number of benzene rings is 3. The van der Waals surface area contributed by atoms with Gasteiger partial charge in [-0.15, -0.1) is 0 Å². The Morgan fingerprint density at radius 2 is 1.61 bits per heavy atom. The van der Waals surface area contributed by atoms with Gasteiger partial charge in [0.2, 0.25) is 0 Å². The van der Waals surface area contributed by atoms with Gasteiger partial charge in [0.25, 0.3) is 0 Å². The van der Waals surface area contributed by atoms with Crippen LogP contribution in [0.25, 0.3) is 38.8 Å². The summed E-state index contributed by atoms with van der Waals surface area (Å²) in [4.78, 5) is 4.66. The number of nitrogens with zero attached hydrogens (tertiary/aromatic N) is 3. The summed E-state index contributed by atoms with van der Waals surface area (Å²) in [5.41, 5.74) is 5.10. The molecule has 2 heterocycles. The van der Waals surface area contributed by atoms with Crippen molar-refractivity contribution in [2.24, 2.45) is 0 Å². The Balaban J connectivity index is 1.90. The highest BCUT2D eigenvalue weighted by molar-refractivity contribution is 6.09. The molecule has 2 aromatic heterocycles. The second-order valence-corrected chi connectivity index (χ2v) is 7.35. The van der Waals surface area contributed by atoms with Crippen molar-refractivity contribution in [3.05, 3.63) is 78.2 Å². The number of aromatic nitrogens is 3. The van der Waals surface area contributed by atoms with E-state index in [1.165, 1.54) is 12.1 Å². The molecule has 6 heteroatoms. The Kier molecular flexibility index (Phi) is 4.55. The number of hydrogen-bond donors (Lipinski definition) is 0. The summed E-state index contributed by atoms with van der Waals surface area (Å²) >= 11 is 0. The van der Waals surface area contributed by atoms with Crippen LogP contribution in [0.5, 0.6) is 11.5 Å². The van der Waals surface area contributed by atoms with Gasteiger partial charge in [-0.05, 0) is 31.2 Å². The highest BCUT2D eigenvalue weighted by Gasteiger charge is 2.19. The van der Waals surface area contributed by atoms with Crippen LogP contribution in [0, 0.1) is 12.7 Å². The molecular formula is C25H20FN3O2. The molecule has 0 bridgehead atoms. The number of fused-ring (bicyclic) bond motifs is 3. The van der Waals surface area contributed by atoms with Gasteiger partial charge in [0.15, 0.2) is 11.5 Å². The molecule has 154 valence electrons. The molecule has 0 unspecified atom stereocenters. The molecule has 0 radical (unpaired) electrons. The Bertz CT molecular complexity index is 1420. The van der Waals surface area contributed by atoms with Crippen LogP contribution >= 0.6 is 0 Å². The third-order valence-electron chi connectivity index (χ3n) is 5.39. The van der Waals surface area contributed by atoms with Crippen LogP contribution in [0.15, 0.2) is 66.9 Å². The van der Waals surface area contributed by atoms with E-state index in [2.05, 4.69) is 4.98 Å². The van der Waals surface area contributed by atoms with Gasteiger partial charge in [-0.3, -0.25) is 4.98 Å². The van der Waals surface area contributed by atoms with Gasteiger partial charge in [0.1, 0.15) is 11.5 Å². The van der Waals surface area contributed by atoms with Crippen molar-refractivity contribution in [2.75, 3.05) is 14.2 Å². The Labute approximate surface area is 178 Å². The first-order chi connectivity index (χ1) is 15.1. The second-order valence-electron chi connectivity index (χ2n) is 7.35. The highest BCUT2D eigenvalue weighted by atomic mass is 19.1. The zero-order valence-electron chi connectivity index (χ0n) is 17.4. The van der Waals surface area contributed by atoms with Crippen molar-refractivity contribution >= 4 is 21.8 Å². The summed E-state index contributed by atoms with van der Waals surface area (Å²) in [6.45, 7) is 2.04. The molecule has 0 amide bonds. The van der Waals surface area contributed by atoms with Crippen LogP contribution in [0.3, 0.4) is 0 Å². The third kappa shape index (κ3) is 3.17. The fourth-order valence-corrected chi connectivity index (χ4v) is 3.83. The van der Waals surface area contributed by atoms with E-state index in [0.29, 0.717) is 17.2 Å². The standard InChI is InChI=1S/C25H20FN3O2/c1-15-7-9-16(10-8-15)24-20-14-27-21-13-23(31-3)22(30-2)12-19(21)25(20)29(28-24)18-6-4-5-17(26)11-18/h4-14H,1-3H3. The molecule has 31 heavy (non-hydrogen) atoms. The van der Waals surface area contributed by atoms with Crippen LogP contribution < -0.4 is 9.47 Å². The molecular weight excluding hydrogens is 393 g/mol. The number of pyridine rings is 1. The van der Waals surface area contributed by atoms with Gasteiger partial charge < -0.3 is 9.47 Å². The van der Waals surface area contributed by atoms with Gasteiger partial charge in [0, 0.05) is 28.6 Å². The van der Waals surface area contributed by atoms with Crippen molar-refractivity contribution < 1.29 is 13.9 Å². The van der Waals surface area contributed by atoms with Crippen molar-refractivity contribution in [3.8, 4) is 28.4 Å². The monoisotopic (exact) mass is 413 g/mol. The quantitative estimate of drug-likeness (QED) is 0.379. The summed E-state index contributed by atoms with van der Waals surface area (Å²) in [6, 6.07) is 18.3. The minimum Gasteiger partial charge on any atom is -0.493 e. The summed E-state index contributed by atoms with van der Waals surface area (Å²) < 4.78 is 26.8. The van der Waals surface area contributed by atoms with E-state index in [1.807, 2.05) is 55.6 Å². The van der Waals surface area contributed by atoms with Gasteiger partial charge >= 0.3 is 0 Å². The first kappa shape index (κ1) is 19.1. The van der Waals surface area contributed by atoms with E-state index in [9.17, 15) is 4.39 Å². The molecule has 5 rings (SSSR count).